The summed E-state index contributed by atoms with van der Waals surface area (Å²) in [6.45, 7) is 0. The zero-order valence-electron chi connectivity index (χ0n) is 11.5. The summed E-state index contributed by atoms with van der Waals surface area (Å²) in [7, 11) is 1.88. The third-order valence-electron chi connectivity index (χ3n) is 4.97. The SMILES string of the molecule is Cn1nc(C2C3CCCC32)c(-c2ccc(F)cc2)c1N. The number of fused-ring (bicyclic) bond motifs is 1. The van der Waals surface area contributed by atoms with Crippen LogP contribution in [0.15, 0.2) is 24.3 Å². The van der Waals surface area contributed by atoms with Gasteiger partial charge < -0.3 is 5.73 Å². The Bertz CT molecular complexity index is 649. The highest BCUT2D eigenvalue weighted by molar-refractivity contribution is 5.77. The molecule has 2 aliphatic rings. The van der Waals surface area contributed by atoms with Gasteiger partial charge >= 0.3 is 0 Å². The first-order valence-electron chi connectivity index (χ1n) is 7.25. The first kappa shape index (κ1) is 11.9. The molecule has 0 spiro atoms. The van der Waals surface area contributed by atoms with Gasteiger partial charge in [0.05, 0.1) is 5.69 Å². The van der Waals surface area contributed by atoms with Crippen molar-refractivity contribution in [1.29, 1.82) is 0 Å². The maximum atomic E-state index is 13.1. The molecule has 1 aromatic carbocycles. The fourth-order valence-corrected chi connectivity index (χ4v) is 3.93. The molecule has 2 fully saturated rings. The second-order valence-corrected chi connectivity index (χ2v) is 6.06. The standard InChI is InChI=1S/C16H18FN3/c1-20-16(18)13(9-5-7-10(17)8-6-9)15(19-20)14-11-3-2-4-12(11)14/h5-8,11-12,14H,2-4,18H2,1H3. The maximum absolute atomic E-state index is 13.1. The number of anilines is 1. The lowest BCUT2D eigenvalue weighted by molar-refractivity contribution is 0.628. The van der Waals surface area contributed by atoms with Gasteiger partial charge in [0.15, 0.2) is 0 Å². The minimum atomic E-state index is -0.221. The predicted octanol–water partition coefficient (Wildman–Crippen LogP) is 3.32. The van der Waals surface area contributed by atoms with Crippen LogP contribution >= 0.6 is 0 Å². The number of aromatic nitrogens is 2. The van der Waals surface area contributed by atoms with Gasteiger partial charge in [0.1, 0.15) is 11.6 Å². The van der Waals surface area contributed by atoms with Crippen molar-refractivity contribution < 1.29 is 4.39 Å². The van der Waals surface area contributed by atoms with Crippen LogP contribution in [0.4, 0.5) is 10.2 Å². The highest BCUT2D eigenvalue weighted by atomic mass is 19.1. The van der Waals surface area contributed by atoms with E-state index in [1.54, 1.807) is 16.8 Å². The van der Waals surface area contributed by atoms with Crippen molar-refractivity contribution in [3.63, 3.8) is 0 Å². The average molecular weight is 271 g/mol. The highest BCUT2D eigenvalue weighted by Gasteiger charge is 2.55. The molecule has 0 amide bonds. The molecule has 2 N–H and O–H groups in total. The van der Waals surface area contributed by atoms with E-state index in [0.717, 1.165) is 28.7 Å². The van der Waals surface area contributed by atoms with Crippen LogP contribution < -0.4 is 5.73 Å². The third-order valence-corrected chi connectivity index (χ3v) is 4.97. The van der Waals surface area contributed by atoms with E-state index in [1.165, 1.54) is 31.4 Å². The van der Waals surface area contributed by atoms with Gasteiger partial charge in [-0.25, -0.2) is 4.39 Å². The molecule has 0 bridgehead atoms. The van der Waals surface area contributed by atoms with E-state index in [0.29, 0.717) is 11.7 Å². The van der Waals surface area contributed by atoms with Crippen LogP contribution in [0.1, 0.15) is 30.9 Å². The van der Waals surface area contributed by atoms with Crippen LogP contribution in [-0.2, 0) is 7.05 Å². The molecule has 1 aromatic heterocycles. The number of rotatable bonds is 2. The zero-order chi connectivity index (χ0) is 13.9. The number of hydrogen-bond donors (Lipinski definition) is 1. The predicted molar refractivity (Wildman–Crippen MR) is 76.6 cm³/mol. The first-order valence-corrected chi connectivity index (χ1v) is 7.25. The average Bonchev–Trinajstić information content (AvgIpc) is 2.78. The van der Waals surface area contributed by atoms with Gasteiger partial charge in [-0.1, -0.05) is 18.6 Å². The van der Waals surface area contributed by atoms with E-state index >= 15 is 0 Å². The van der Waals surface area contributed by atoms with Crippen LogP contribution in [0.2, 0.25) is 0 Å². The number of halogens is 1. The monoisotopic (exact) mass is 271 g/mol. The van der Waals surface area contributed by atoms with Gasteiger partial charge in [0, 0.05) is 18.5 Å². The molecule has 4 rings (SSSR count). The molecule has 104 valence electrons. The van der Waals surface area contributed by atoms with Gasteiger partial charge in [-0.3, -0.25) is 4.68 Å². The van der Waals surface area contributed by atoms with Crippen molar-refractivity contribution in [2.45, 2.75) is 25.2 Å². The Hall–Kier alpha value is -1.84. The second-order valence-electron chi connectivity index (χ2n) is 6.06. The van der Waals surface area contributed by atoms with Crippen molar-refractivity contribution in [2.24, 2.45) is 18.9 Å². The summed E-state index contributed by atoms with van der Waals surface area (Å²) < 4.78 is 14.9. The van der Waals surface area contributed by atoms with Gasteiger partial charge in [-0.2, -0.15) is 5.10 Å². The van der Waals surface area contributed by atoms with Gasteiger partial charge in [-0.05, 0) is 42.4 Å². The molecule has 20 heavy (non-hydrogen) atoms. The summed E-state index contributed by atoms with van der Waals surface area (Å²) in [6, 6.07) is 6.56. The normalized spacial score (nSPS) is 27.6. The highest BCUT2D eigenvalue weighted by Crippen LogP contribution is 2.64. The van der Waals surface area contributed by atoms with Gasteiger partial charge in [0.2, 0.25) is 0 Å². The van der Waals surface area contributed by atoms with Crippen LogP contribution in [0.25, 0.3) is 11.1 Å². The molecule has 1 heterocycles. The number of aryl methyl sites for hydroxylation is 1. The summed E-state index contributed by atoms with van der Waals surface area (Å²) in [5, 5.41) is 4.65. The minimum absolute atomic E-state index is 0.221. The van der Waals surface area contributed by atoms with E-state index in [4.69, 9.17) is 5.73 Å². The fraction of sp³-hybridized carbons (Fsp3) is 0.438. The van der Waals surface area contributed by atoms with Crippen LogP contribution in [-0.4, -0.2) is 9.78 Å². The molecule has 0 radical (unpaired) electrons. The van der Waals surface area contributed by atoms with E-state index in [1.807, 2.05) is 7.05 Å². The zero-order valence-corrected chi connectivity index (χ0v) is 11.5. The van der Waals surface area contributed by atoms with E-state index in [2.05, 4.69) is 5.10 Å². The summed E-state index contributed by atoms with van der Waals surface area (Å²) in [4.78, 5) is 0. The maximum Gasteiger partial charge on any atom is 0.129 e. The van der Waals surface area contributed by atoms with Gasteiger partial charge in [-0.15, -0.1) is 0 Å². The van der Waals surface area contributed by atoms with Crippen molar-refractivity contribution in [2.75, 3.05) is 5.73 Å². The Labute approximate surface area is 117 Å². The molecule has 2 aromatic rings. The van der Waals surface area contributed by atoms with Crippen LogP contribution in [0, 0.1) is 17.7 Å². The smallest absolute Gasteiger partial charge is 0.129 e. The fourth-order valence-electron chi connectivity index (χ4n) is 3.93. The Morgan fingerprint density at radius 3 is 2.50 bits per heavy atom. The number of hydrogen-bond acceptors (Lipinski definition) is 2. The molecular weight excluding hydrogens is 253 g/mol. The molecule has 2 atom stereocenters. The molecule has 0 aliphatic heterocycles. The molecule has 2 unspecified atom stereocenters. The summed E-state index contributed by atoms with van der Waals surface area (Å²) in [6.07, 6.45) is 3.98. The van der Waals surface area contributed by atoms with Crippen molar-refractivity contribution >= 4 is 5.82 Å². The number of nitrogens with zero attached hydrogens (tertiary/aromatic N) is 2. The Morgan fingerprint density at radius 1 is 1.20 bits per heavy atom. The Morgan fingerprint density at radius 2 is 1.85 bits per heavy atom. The molecule has 2 saturated carbocycles. The molecule has 0 saturated heterocycles. The minimum Gasteiger partial charge on any atom is -0.383 e. The van der Waals surface area contributed by atoms with Crippen LogP contribution in [0.3, 0.4) is 0 Å². The largest absolute Gasteiger partial charge is 0.383 e. The topological polar surface area (TPSA) is 43.8 Å². The first-order chi connectivity index (χ1) is 9.66. The summed E-state index contributed by atoms with van der Waals surface area (Å²) >= 11 is 0. The summed E-state index contributed by atoms with van der Waals surface area (Å²) in [5.41, 5.74) is 9.29. The van der Waals surface area contributed by atoms with E-state index in [-0.39, 0.29) is 5.82 Å². The van der Waals surface area contributed by atoms with Crippen molar-refractivity contribution in [3.05, 3.63) is 35.8 Å². The van der Waals surface area contributed by atoms with E-state index < -0.39 is 0 Å². The lowest BCUT2D eigenvalue weighted by Crippen LogP contribution is -1.98. The van der Waals surface area contributed by atoms with Gasteiger partial charge in [0.25, 0.3) is 0 Å². The molecule has 3 nitrogen and oxygen atoms in total. The third kappa shape index (κ3) is 1.60. The molecule has 4 heteroatoms. The van der Waals surface area contributed by atoms with Crippen molar-refractivity contribution in [3.8, 4) is 11.1 Å². The van der Waals surface area contributed by atoms with E-state index in [9.17, 15) is 4.39 Å². The second kappa shape index (κ2) is 4.08. The van der Waals surface area contributed by atoms with Crippen LogP contribution in [0.5, 0.6) is 0 Å². The molecule has 2 aliphatic carbocycles. The van der Waals surface area contributed by atoms with Crippen molar-refractivity contribution in [1.82, 2.24) is 9.78 Å². The number of nitrogen functional groups attached to an aromatic ring is 1. The summed E-state index contributed by atoms with van der Waals surface area (Å²) in [5.74, 6) is 2.61. The number of nitrogens with two attached hydrogens (primary N) is 1. The molecular formula is C16H18FN3. The Kier molecular flexibility index (Phi) is 2.43. The Balaban J connectivity index is 1.80. The number of benzene rings is 1. The lowest BCUT2D eigenvalue weighted by atomic mass is 9.99. The lowest BCUT2D eigenvalue weighted by Gasteiger charge is -2.05. The quantitative estimate of drug-likeness (QED) is 0.910.